The van der Waals surface area contributed by atoms with E-state index in [0.717, 1.165) is 10.6 Å². The van der Waals surface area contributed by atoms with Crippen LogP contribution in [-0.4, -0.2) is 18.2 Å². The van der Waals surface area contributed by atoms with E-state index in [1.165, 1.54) is 4.68 Å². The number of rotatable bonds is 4. The molecule has 0 amide bonds. The molecule has 1 aromatic carbocycles. The molecule has 0 aliphatic heterocycles. The topological polar surface area (TPSA) is 64.0 Å². The SMILES string of the molecule is Cn1nc(-c2cccs2)cc1NS(=O)(=O)c1ccccc1. The largest absolute Gasteiger partial charge is 0.264 e. The number of nitrogens with zero attached hydrogens (tertiary/aromatic N) is 2. The average molecular weight is 319 g/mol. The molecule has 2 heterocycles. The minimum absolute atomic E-state index is 0.226. The number of aromatic nitrogens is 2. The molecule has 3 rings (SSSR count). The Morgan fingerprint density at radius 1 is 1.14 bits per heavy atom. The van der Waals surface area contributed by atoms with Gasteiger partial charge in [0.1, 0.15) is 11.5 Å². The Hall–Kier alpha value is -2.12. The number of aryl methyl sites for hydroxylation is 1. The van der Waals surface area contributed by atoms with Crippen molar-refractivity contribution in [1.82, 2.24) is 9.78 Å². The highest BCUT2D eigenvalue weighted by atomic mass is 32.2. The van der Waals surface area contributed by atoms with E-state index < -0.39 is 10.0 Å². The third kappa shape index (κ3) is 2.84. The van der Waals surface area contributed by atoms with Crippen LogP contribution in [0.4, 0.5) is 5.82 Å². The number of thiophene rings is 1. The molecule has 108 valence electrons. The minimum atomic E-state index is -3.60. The molecule has 3 aromatic rings. The zero-order valence-electron chi connectivity index (χ0n) is 11.2. The highest BCUT2D eigenvalue weighted by Gasteiger charge is 2.17. The quantitative estimate of drug-likeness (QED) is 0.804. The van der Waals surface area contributed by atoms with Crippen LogP contribution in [0.5, 0.6) is 0 Å². The van der Waals surface area contributed by atoms with Gasteiger partial charge in [-0.05, 0) is 23.6 Å². The summed E-state index contributed by atoms with van der Waals surface area (Å²) in [7, 11) is -1.89. The molecule has 0 fully saturated rings. The van der Waals surface area contributed by atoms with Crippen molar-refractivity contribution in [3.05, 3.63) is 53.9 Å². The number of hydrogen-bond donors (Lipinski definition) is 1. The number of hydrogen-bond acceptors (Lipinski definition) is 4. The second-order valence-corrected chi connectivity index (χ2v) is 7.06. The summed E-state index contributed by atoms with van der Waals surface area (Å²) in [4.78, 5) is 1.22. The van der Waals surface area contributed by atoms with Gasteiger partial charge in [0, 0.05) is 13.1 Å². The maximum Gasteiger partial charge on any atom is 0.263 e. The molecule has 2 aromatic heterocycles. The number of sulfonamides is 1. The van der Waals surface area contributed by atoms with Gasteiger partial charge in [-0.25, -0.2) is 8.42 Å². The second-order valence-electron chi connectivity index (χ2n) is 4.43. The van der Waals surface area contributed by atoms with Crippen LogP contribution in [0.1, 0.15) is 0 Å². The predicted molar refractivity (Wildman–Crippen MR) is 83.8 cm³/mol. The number of nitrogens with one attached hydrogen (secondary N) is 1. The molecule has 1 N–H and O–H groups in total. The Balaban J connectivity index is 1.92. The van der Waals surface area contributed by atoms with Crippen LogP contribution in [0, 0.1) is 0 Å². The molecule has 0 atom stereocenters. The van der Waals surface area contributed by atoms with Crippen molar-refractivity contribution in [3.8, 4) is 10.6 Å². The van der Waals surface area contributed by atoms with Gasteiger partial charge in [0.2, 0.25) is 0 Å². The zero-order valence-corrected chi connectivity index (χ0v) is 12.9. The van der Waals surface area contributed by atoms with Gasteiger partial charge in [-0.15, -0.1) is 11.3 Å². The van der Waals surface area contributed by atoms with E-state index in [0.29, 0.717) is 5.82 Å². The Morgan fingerprint density at radius 2 is 1.90 bits per heavy atom. The molecule has 7 heteroatoms. The van der Waals surface area contributed by atoms with Gasteiger partial charge in [0.25, 0.3) is 10.0 Å². The van der Waals surface area contributed by atoms with Gasteiger partial charge in [0.15, 0.2) is 0 Å². The van der Waals surface area contributed by atoms with Crippen LogP contribution in [0.15, 0.2) is 58.8 Å². The molecule has 0 aliphatic rings. The highest BCUT2D eigenvalue weighted by Crippen LogP contribution is 2.26. The number of benzene rings is 1. The van der Waals surface area contributed by atoms with Gasteiger partial charge >= 0.3 is 0 Å². The van der Waals surface area contributed by atoms with Gasteiger partial charge in [0.05, 0.1) is 9.77 Å². The van der Waals surface area contributed by atoms with E-state index in [-0.39, 0.29) is 4.90 Å². The lowest BCUT2D eigenvalue weighted by Crippen LogP contribution is -2.15. The predicted octanol–water partition coefficient (Wildman–Crippen LogP) is 2.95. The van der Waals surface area contributed by atoms with E-state index in [9.17, 15) is 8.42 Å². The van der Waals surface area contributed by atoms with Crippen LogP contribution in [0.2, 0.25) is 0 Å². The second kappa shape index (κ2) is 5.34. The van der Waals surface area contributed by atoms with Gasteiger partial charge in [-0.1, -0.05) is 24.3 Å². The molecule has 0 aliphatic carbocycles. The Kier molecular flexibility index (Phi) is 3.52. The fourth-order valence-electron chi connectivity index (χ4n) is 1.90. The molecule has 0 bridgehead atoms. The van der Waals surface area contributed by atoms with Gasteiger partial charge in [-0.3, -0.25) is 9.40 Å². The van der Waals surface area contributed by atoms with E-state index in [1.807, 2.05) is 17.5 Å². The first-order chi connectivity index (χ1) is 10.1. The first-order valence-electron chi connectivity index (χ1n) is 6.22. The molecular formula is C14H13N3O2S2. The summed E-state index contributed by atoms with van der Waals surface area (Å²) in [6.07, 6.45) is 0. The first kappa shape index (κ1) is 13.8. The maximum atomic E-state index is 12.3. The average Bonchev–Trinajstić information content (AvgIpc) is 3.10. The fraction of sp³-hybridized carbons (Fsp3) is 0.0714. The van der Waals surface area contributed by atoms with Crippen molar-refractivity contribution >= 4 is 27.2 Å². The smallest absolute Gasteiger partial charge is 0.263 e. The molecule has 0 radical (unpaired) electrons. The van der Waals surface area contributed by atoms with Crippen molar-refractivity contribution in [1.29, 1.82) is 0 Å². The highest BCUT2D eigenvalue weighted by molar-refractivity contribution is 7.92. The summed E-state index contributed by atoms with van der Waals surface area (Å²) in [5, 5.41) is 6.29. The summed E-state index contributed by atoms with van der Waals surface area (Å²) in [5.74, 6) is 0.433. The first-order valence-corrected chi connectivity index (χ1v) is 8.58. The van der Waals surface area contributed by atoms with Crippen LogP contribution in [0.25, 0.3) is 10.6 Å². The summed E-state index contributed by atoms with van der Waals surface area (Å²) in [6, 6.07) is 13.9. The lowest BCUT2D eigenvalue weighted by atomic mass is 10.3. The fourth-order valence-corrected chi connectivity index (χ4v) is 3.68. The Bertz CT molecular complexity index is 838. The molecule has 0 spiro atoms. The van der Waals surface area contributed by atoms with Crippen LogP contribution in [-0.2, 0) is 17.1 Å². The molecule has 21 heavy (non-hydrogen) atoms. The van der Waals surface area contributed by atoms with E-state index in [1.54, 1.807) is 54.8 Å². The third-order valence-corrected chi connectivity index (χ3v) is 5.21. The van der Waals surface area contributed by atoms with Crippen molar-refractivity contribution in [2.45, 2.75) is 4.90 Å². The summed E-state index contributed by atoms with van der Waals surface area (Å²) >= 11 is 1.56. The van der Waals surface area contributed by atoms with E-state index >= 15 is 0 Å². The van der Waals surface area contributed by atoms with Crippen LogP contribution >= 0.6 is 11.3 Å². The van der Waals surface area contributed by atoms with Crippen molar-refractivity contribution < 1.29 is 8.42 Å². The Morgan fingerprint density at radius 3 is 2.57 bits per heavy atom. The van der Waals surface area contributed by atoms with Gasteiger partial charge < -0.3 is 0 Å². The zero-order chi connectivity index (χ0) is 14.9. The molecule has 0 unspecified atom stereocenters. The molecule has 0 saturated heterocycles. The normalized spacial score (nSPS) is 11.5. The van der Waals surface area contributed by atoms with E-state index in [4.69, 9.17) is 0 Å². The van der Waals surface area contributed by atoms with Crippen LogP contribution < -0.4 is 4.72 Å². The minimum Gasteiger partial charge on any atom is -0.264 e. The van der Waals surface area contributed by atoms with Gasteiger partial charge in [-0.2, -0.15) is 5.10 Å². The number of anilines is 1. The summed E-state index contributed by atoms with van der Waals surface area (Å²) in [6.45, 7) is 0. The molecule has 0 saturated carbocycles. The lowest BCUT2D eigenvalue weighted by molar-refractivity contribution is 0.600. The van der Waals surface area contributed by atoms with E-state index in [2.05, 4.69) is 9.82 Å². The Labute approximate surface area is 126 Å². The third-order valence-electron chi connectivity index (χ3n) is 2.95. The van der Waals surface area contributed by atoms with Crippen LogP contribution in [0.3, 0.4) is 0 Å². The summed E-state index contributed by atoms with van der Waals surface area (Å²) in [5.41, 5.74) is 0.748. The molecular weight excluding hydrogens is 306 g/mol. The van der Waals surface area contributed by atoms with Crippen molar-refractivity contribution in [2.24, 2.45) is 7.05 Å². The monoisotopic (exact) mass is 319 g/mol. The standard InChI is InChI=1S/C14H13N3O2S2/c1-17-14(10-12(15-17)13-8-5-9-20-13)16-21(18,19)11-6-3-2-4-7-11/h2-10,16H,1H3. The summed E-state index contributed by atoms with van der Waals surface area (Å²) < 4.78 is 28.7. The lowest BCUT2D eigenvalue weighted by Gasteiger charge is -2.07. The maximum absolute atomic E-state index is 12.3. The van der Waals surface area contributed by atoms with Crippen molar-refractivity contribution in [2.75, 3.05) is 4.72 Å². The molecule has 5 nitrogen and oxygen atoms in total. The van der Waals surface area contributed by atoms with Crippen molar-refractivity contribution in [3.63, 3.8) is 0 Å².